The Bertz CT molecular complexity index is 585. The summed E-state index contributed by atoms with van der Waals surface area (Å²) < 4.78 is 0. The number of hydrogen-bond acceptors (Lipinski definition) is 2. The average molecular weight is 273 g/mol. The van der Waals surface area contributed by atoms with Gasteiger partial charge in [0.15, 0.2) is 0 Å². The first-order chi connectivity index (χ1) is 9.22. The van der Waals surface area contributed by atoms with Crippen LogP contribution >= 0.6 is 11.6 Å². The van der Waals surface area contributed by atoms with E-state index in [-0.39, 0.29) is 11.8 Å². The predicted octanol–water partition coefficient (Wildman–Crippen LogP) is 3.09. The number of fused-ring (bicyclic) bond motifs is 1. The van der Waals surface area contributed by atoms with E-state index in [4.69, 9.17) is 11.6 Å². The number of rotatable bonds is 2. The molecule has 1 N–H and O–H groups in total. The van der Waals surface area contributed by atoms with Crippen LogP contribution in [-0.4, -0.2) is 10.9 Å². The molecule has 1 aromatic carbocycles. The molecule has 1 aliphatic rings. The molecule has 96 valence electrons. The maximum Gasteiger partial charge on any atom is 0.229 e. The number of carbonyl (C=O) groups excluding carboxylic acids is 1. The number of pyridine rings is 1. The summed E-state index contributed by atoms with van der Waals surface area (Å²) in [6.45, 7) is 0. The van der Waals surface area contributed by atoms with Gasteiger partial charge in [0, 0.05) is 12.1 Å². The number of hydrogen-bond donors (Lipinski definition) is 1. The Hall–Kier alpha value is -1.87. The van der Waals surface area contributed by atoms with E-state index in [1.54, 1.807) is 12.1 Å². The van der Waals surface area contributed by atoms with Crippen LogP contribution in [0.25, 0.3) is 0 Å². The minimum Gasteiger partial charge on any atom is -0.310 e. The van der Waals surface area contributed by atoms with Crippen molar-refractivity contribution < 1.29 is 4.79 Å². The zero-order valence-electron chi connectivity index (χ0n) is 10.3. The molecule has 0 unspecified atom stereocenters. The molecule has 3 nitrogen and oxygen atoms in total. The van der Waals surface area contributed by atoms with Gasteiger partial charge >= 0.3 is 0 Å². The molecule has 0 aliphatic heterocycles. The number of carbonyl (C=O) groups is 1. The summed E-state index contributed by atoms with van der Waals surface area (Å²) in [6.07, 6.45) is 3.13. The number of benzene rings is 1. The van der Waals surface area contributed by atoms with E-state index < -0.39 is 0 Å². The van der Waals surface area contributed by atoms with Crippen molar-refractivity contribution in [3.63, 3.8) is 0 Å². The lowest BCUT2D eigenvalue weighted by Gasteiger charge is -2.09. The van der Waals surface area contributed by atoms with Crippen LogP contribution in [0.15, 0.2) is 42.6 Å². The van der Waals surface area contributed by atoms with Crippen LogP contribution in [0.2, 0.25) is 5.02 Å². The SMILES string of the molecule is O=C(Nc1ccc(Cl)cn1)C1Cc2ccccc2C1. The molecule has 0 saturated heterocycles. The third-order valence-electron chi connectivity index (χ3n) is 3.40. The van der Waals surface area contributed by atoms with Crippen molar-refractivity contribution in [1.82, 2.24) is 4.98 Å². The zero-order valence-corrected chi connectivity index (χ0v) is 11.0. The fraction of sp³-hybridized carbons (Fsp3) is 0.200. The summed E-state index contributed by atoms with van der Waals surface area (Å²) in [5.74, 6) is 0.561. The van der Waals surface area contributed by atoms with Gasteiger partial charge in [-0.1, -0.05) is 35.9 Å². The van der Waals surface area contributed by atoms with Crippen LogP contribution in [-0.2, 0) is 17.6 Å². The number of anilines is 1. The molecule has 0 saturated carbocycles. The first-order valence-electron chi connectivity index (χ1n) is 6.21. The second-order valence-corrected chi connectivity index (χ2v) is 5.16. The van der Waals surface area contributed by atoms with Crippen molar-refractivity contribution in [2.45, 2.75) is 12.8 Å². The Labute approximate surface area is 116 Å². The molecule has 3 rings (SSSR count). The fourth-order valence-electron chi connectivity index (χ4n) is 2.42. The minimum absolute atomic E-state index is 0.00474. The third kappa shape index (κ3) is 2.61. The monoisotopic (exact) mass is 272 g/mol. The van der Waals surface area contributed by atoms with E-state index >= 15 is 0 Å². The van der Waals surface area contributed by atoms with Crippen molar-refractivity contribution in [2.75, 3.05) is 5.32 Å². The highest BCUT2D eigenvalue weighted by molar-refractivity contribution is 6.30. The Morgan fingerprint density at radius 3 is 2.42 bits per heavy atom. The van der Waals surface area contributed by atoms with Crippen LogP contribution in [0.1, 0.15) is 11.1 Å². The number of aromatic nitrogens is 1. The summed E-state index contributed by atoms with van der Waals surface area (Å²) in [4.78, 5) is 16.3. The maximum absolute atomic E-state index is 12.2. The Balaban J connectivity index is 1.68. The summed E-state index contributed by atoms with van der Waals surface area (Å²) >= 11 is 5.76. The Morgan fingerprint density at radius 2 is 1.84 bits per heavy atom. The molecule has 0 bridgehead atoms. The summed E-state index contributed by atoms with van der Waals surface area (Å²) in [5.41, 5.74) is 2.54. The van der Waals surface area contributed by atoms with Gasteiger partial charge in [-0.3, -0.25) is 4.79 Å². The van der Waals surface area contributed by atoms with E-state index in [0.717, 1.165) is 12.8 Å². The van der Waals surface area contributed by atoms with Gasteiger partial charge in [-0.15, -0.1) is 0 Å². The van der Waals surface area contributed by atoms with Crippen LogP contribution < -0.4 is 5.32 Å². The molecule has 0 spiro atoms. The van der Waals surface area contributed by atoms with Gasteiger partial charge in [0.25, 0.3) is 0 Å². The largest absolute Gasteiger partial charge is 0.310 e. The topological polar surface area (TPSA) is 42.0 Å². The summed E-state index contributed by atoms with van der Waals surface area (Å²) in [5, 5.41) is 3.40. The van der Waals surface area contributed by atoms with Crippen molar-refractivity contribution in [3.8, 4) is 0 Å². The molecule has 0 atom stereocenters. The molecule has 4 heteroatoms. The lowest BCUT2D eigenvalue weighted by atomic mass is 10.1. The number of nitrogens with one attached hydrogen (secondary N) is 1. The third-order valence-corrected chi connectivity index (χ3v) is 3.62. The van der Waals surface area contributed by atoms with E-state index in [0.29, 0.717) is 10.8 Å². The molecule has 0 radical (unpaired) electrons. The molecule has 1 heterocycles. The van der Waals surface area contributed by atoms with Gasteiger partial charge < -0.3 is 5.32 Å². The number of nitrogens with zero attached hydrogens (tertiary/aromatic N) is 1. The van der Waals surface area contributed by atoms with Crippen molar-refractivity contribution in [3.05, 3.63) is 58.7 Å². The predicted molar refractivity (Wildman–Crippen MR) is 75.2 cm³/mol. The highest BCUT2D eigenvalue weighted by Crippen LogP contribution is 2.27. The van der Waals surface area contributed by atoms with E-state index in [9.17, 15) is 4.79 Å². The highest BCUT2D eigenvalue weighted by Gasteiger charge is 2.27. The fourth-order valence-corrected chi connectivity index (χ4v) is 2.53. The number of halogens is 1. The summed E-state index contributed by atoms with van der Waals surface area (Å²) in [7, 11) is 0. The lowest BCUT2D eigenvalue weighted by Crippen LogP contribution is -2.23. The van der Waals surface area contributed by atoms with Crippen LogP contribution in [0.3, 0.4) is 0 Å². The van der Waals surface area contributed by atoms with Crippen LogP contribution in [0.4, 0.5) is 5.82 Å². The second kappa shape index (κ2) is 5.02. The number of amides is 1. The van der Waals surface area contributed by atoms with Crippen molar-refractivity contribution in [2.24, 2.45) is 5.92 Å². The second-order valence-electron chi connectivity index (χ2n) is 4.72. The molecular weight excluding hydrogens is 260 g/mol. The van der Waals surface area contributed by atoms with Gasteiger partial charge in [-0.25, -0.2) is 4.98 Å². The average Bonchev–Trinajstić information content (AvgIpc) is 2.85. The first-order valence-corrected chi connectivity index (χ1v) is 6.59. The maximum atomic E-state index is 12.2. The highest BCUT2D eigenvalue weighted by atomic mass is 35.5. The lowest BCUT2D eigenvalue weighted by molar-refractivity contribution is -0.119. The van der Waals surface area contributed by atoms with Gasteiger partial charge in [0.05, 0.1) is 5.02 Å². The van der Waals surface area contributed by atoms with Crippen molar-refractivity contribution >= 4 is 23.3 Å². The zero-order chi connectivity index (χ0) is 13.2. The van der Waals surface area contributed by atoms with Crippen LogP contribution in [0.5, 0.6) is 0 Å². The van der Waals surface area contributed by atoms with E-state index in [1.165, 1.54) is 17.3 Å². The standard InChI is InChI=1S/C15H13ClN2O/c16-13-5-6-14(17-9-13)18-15(19)12-7-10-3-1-2-4-11(10)8-12/h1-6,9,12H,7-8H2,(H,17,18,19). The Morgan fingerprint density at radius 1 is 1.16 bits per heavy atom. The molecular formula is C15H13ClN2O. The summed E-state index contributed by atoms with van der Waals surface area (Å²) in [6, 6.07) is 11.6. The van der Waals surface area contributed by atoms with Gasteiger partial charge in [-0.05, 0) is 36.1 Å². The normalized spacial score (nSPS) is 14.2. The molecule has 1 aliphatic carbocycles. The van der Waals surface area contributed by atoms with Gasteiger partial charge in [0.2, 0.25) is 5.91 Å². The van der Waals surface area contributed by atoms with E-state index in [1.807, 2.05) is 12.1 Å². The molecule has 19 heavy (non-hydrogen) atoms. The molecule has 1 aromatic heterocycles. The molecule has 0 fully saturated rings. The van der Waals surface area contributed by atoms with E-state index in [2.05, 4.69) is 22.4 Å². The van der Waals surface area contributed by atoms with Gasteiger partial charge in [-0.2, -0.15) is 0 Å². The quantitative estimate of drug-likeness (QED) is 0.913. The Kier molecular flexibility index (Phi) is 3.22. The van der Waals surface area contributed by atoms with Crippen molar-refractivity contribution in [1.29, 1.82) is 0 Å². The first kappa shape index (κ1) is 12.2. The molecule has 2 aromatic rings. The molecule has 1 amide bonds. The van der Waals surface area contributed by atoms with Crippen LogP contribution in [0, 0.1) is 5.92 Å². The van der Waals surface area contributed by atoms with Gasteiger partial charge in [0.1, 0.15) is 5.82 Å². The smallest absolute Gasteiger partial charge is 0.229 e. The minimum atomic E-state index is -0.00474.